The maximum Gasteiger partial charge on any atom is 0.310 e. The minimum atomic E-state index is -0.114. The van der Waals surface area contributed by atoms with Gasteiger partial charge < -0.3 is 14.6 Å². The van der Waals surface area contributed by atoms with Crippen molar-refractivity contribution in [3.63, 3.8) is 0 Å². The molecule has 5 nitrogen and oxygen atoms in total. The molecule has 0 radical (unpaired) electrons. The smallest absolute Gasteiger partial charge is 0.310 e. The number of aromatic hydroxyl groups is 1. The number of benzene rings is 1. The van der Waals surface area contributed by atoms with Crippen LogP contribution in [0, 0.1) is 5.92 Å². The molecule has 0 saturated carbocycles. The molecule has 1 aliphatic rings. The lowest BCUT2D eigenvalue weighted by atomic mass is 9.97. The first kappa shape index (κ1) is 15.6. The highest BCUT2D eigenvalue weighted by molar-refractivity contribution is 5.72. The number of hydrogen-bond donors (Lipinski definition) is 1. The topological polar surface area (TPSA) is 59.0 Å². The number of ether oxygens (including phenoxy) is 2. The van der Waals surface area contributed by atoms with Gasteiger partial charge in [0.05, 0.1) is 19.6 Å². The van der Waals surface area contributed by atoms with Crippen molar-refractivity contribution < 1.29 is 19.4 Å². The number of nitrogens with zero attached hydrogens (tertiary/aromatic N) is 1. The highest BCUT2D eigenvalue weighted by atomic mass is 16.5. The Balaban J connectivity index is 2.01. The first-order chi connectivity index (χ1) is 10.2. The third-order valence-corrected chi connectivity index (χ3v) is 3.82. The van der Waals surface area contributed by atoms with Crippen LogP contribution in [-0.4, -0.2) is 42.8 Å². The van der Waals surface area contributed by atoms with Gasteiger partial charge in [0.1, 0.15) is 0 Å². The molecule has 0 unspecified atom stereocenters. The Hall–Kier alpha value is -1.75. The number of esters is 1. The fraction of sp³-hybridized carbons (Fsp3) is 0.562. The summed E-state index contributed by atoms with van der Waals surface area (Å²) in [6.45, 7) is 4.46. The van der Waals surface area contributed by atoms with E-state index in [0.29, 0.717) is 25.4 Å². The van der Waals surface area contributed by atoms with Gasteiger partial charge in [-0.05, 0) is 32.4 Å². The summed E-state index contributed by atoms with van der Waals surface area (Å²) in [7, 11) is 1.54. The third-order valence-electron chi connectivity index (χ3n) is 3.82. The summed E-state index contributed by atoms with van der Waals surface area (Å²) in [6.07, 6.45) is 1.84. The lowest BCUT2D eigenvalue weighted by Gasteiger charge is -2.31. The van der Waals surface area contributed by atoms with Crippen LogP contribution in [0.15, 0.2) is 18.2 Å². The largest absolute Gasteiger partial charge is 0.504 e. The van der Waals surface area contributed by atoms with Gasteiger partial charge in [-0.3, -0.25) is 9.69 Å². The summed E-state index contributed by atoms with van der Waals surface area (Å²) in [6, 6.07) is 5.48. The zero-order valence-electron chi connectivity index (χ0n) is 12.7. The lowest BCUT2D eigenvalue weighted by Crippen LogP contribution is -2.38. The van der Waals surface area contributed by atoms with Crippen LogP contribution in [-0.2, 0) is 16.1 Å². The van der Waals surface area contributed by atoms with Gasteiger partial charge in [-0.15, -0.1) is 0 Å². The van der Waals surface area contributed by atoms with Crippen molar-refractivity contribution in [1.29, 1.82) is 0 Å². The molecule has 0 spiro atoms. The highest BCUT2D eigenvalue weighted by Crippen LogP contribution is 2.31. The van der Waals surface area contributed by atoms with E-state index >= 15 is 0 Å². The van der Waals surface area contributed by atoms with Gasteiger partial charge in [-0.2, -0.15) is 0 Å². The number of carbonyl (C=O) groups excluding carboxylic acids is 1. The van der Waals surface area contributed by atoms with Crippen molar-refractivity contribution in [3.8, 4) is 11.5 Å². The van der Waals surface area contributed by atoms with E-state index in [1.807, 2.05) is 19.1 Å². The van der Waals surface area contributed by atoms with Crippen molar-refractivity contribution in [2.45, 2.75) is 26.3 Å². The SMILES string of the molecule is CCOC(=O)[C@H]1CCCN(Cc2cccc(OC)c2O)C1. The average molecular weight is 293 g/mol. The van der Waals surface area contributed by atoms with Crippen LogP contribution >= 0.6 is 0 Å². The average Bonchev–Trinajstić information content (AvgIpc) is 2.50. The minimum Gasteiger partial charge on any atom is -0.504 e. The molecule has 1 saturated heterocycles. The van der Waals surface area contributed by atoms with Crippen molar-refractivity contribution in [1.82, 2.24) is 4.90 Å². The molecular weight excluding hydrogens is 270 g/mol. The Morgan fingerprint density at radius 2 is 2.29 bits per heavy atom. The van der Waals surface area contributed by atoms with Gasteiger partial charge in [-0.25, -0.2) is 0 Å². The molecule has 1 aromatic rings. The molecule has 1 atom stereocenters. The van der Waals surface area contributed by atoms with Crippen LogP contribution in [0.3, 0.4) is 0 Å². The normalized spacial score (nSPS) is 19.2. The number of methoxy groups -OCH3 is 1. The summed E-state index contributed by atoms with van der Waals surface area (Å²) in [5, 5.41) is 10.1. The van der Waals surface area contributed by atoms with Crippen molar-refractivity contribution in [3.05, 3.63) is 23.8 Å². The number of phenols is 1. The Labute approximate surface area is 125 Å². The van der Waals surface area contributed by atoms with Crippen LogP contribution in [0.1, 0.15) is 25.3 Å². The van der Waals surface area contributed by atoms with Crippen molar-refractivity contribution in [2.75, 3.05) is 26.8 Å². The van der Waals surface area contributed by atoms with E-state index in [2.05, 4.69) is 4.90 Å². The molecule has 21 heavy (non-hydrogen) atoms. The predicted octanol–water partition coefficient (Wildman–Crippen LogP) is 2.18. The molecule has 1 heterocycles. The molecule has 2 rings (SSSR count). The van der Waals surface area contributed by atoms with Crippen LogP contribution in [0.4, 0.5) is 0 Å². The second kappa shape index (κ2) is 7.31. The van der Waals surface area contributed by atoms with E-state index in [1.54, 1.807) is 6.07 Å². The maximum atomic E-state index is 11.8. The monoisotopic (exact) mass is 293 g/mol. The van der Waals surface area contributed by atoms with Crippen LogP contribution in [0.25, 0.3) is 0 Å². The lowest BCUT2D eigenvalue weighted by molar-refractivity contribution is -0.150. The molecule has 0 bridgehead atoms. The maximum absolute atomic E-state index is 11.8. The zero-order valence-corrected chi connectivity index (χ0v) is 12.7. The molecule has 1 N–H and O–H groups in total. The number of carbonyl (C=O) groups is 1. The number of rotatable bonds is 5. The summed E-state index contributed by atoms with van der Waals surface area (Å²) < 4.78 is 10.2. The van der Waals surface area contributed by atoms with Gasteiger partial charge in [0, 0.05) is 18.7 Å². The van der Waals surface area contributed by atoms with E-state index < -0.39 is 0 Å². The van der Waals surface area contributed by atoms with Gasteiger partial charge in [-0.1, -0.05) is 12.1 Å². The molecular formula is C16H23NO4. The fourth-order valence-electron chi connectivity index (χ4n) is 2.75. The number of likely N-dealkylation sites (tertiary alicyclic amines) is 1. The molecule has 1 aromatic carbocycles. The van der Waals surface area contributed by atoms with Gasteiger partial charge >= 0.3 is 5.97 Å². The molecule has 0 aromatic heterocycles. The number of para-hydroxylation sites is 1. The van der Waals surface area contributed by atoms with Gasteiger partial charge in [0.25, 0.3) is 0 Å². The van der Waals surface area contributed by atoms with E-state index in [-0.39, 0.29) is 17.6 Å². The molecule has 1 aliphatic heterocycles. The first-order valence-corrected chi connectivity index (χ1v) is 7.39. The standard InChI is InChI=1S/C16H23NO4/c1-3-21-16(19)13-7-5-9-17(11-13)10-12-6-4-8-14(20-2)15(12)18/h4,6,8,13,18H,3,5,7,9-11H2,1-2H3/t13-/m0/s1. The van der Waals surface area contributed by atoms with Crippen LogP contribution in [0.5, 0.6) is 11.5 Å². The second-order valence-corrected chi connectivity index (χ2v) is 5.29. The van der Waals surface area contributed by atoms with E-state index in [1.165, 1.54) is 7.11 Å². The number of piperidine rings is 1. The number of phenolic OH excluding ortho intramolecular Hbond substituents is 1. The Morgan fingerprint density at radius 3 is 3.00 bits per heavy atom. The molecule has 0 amide bonds. The molecule has 116 valence electrons. The zero-order chi connectivity index (χ0) is 15.2. The van der Waals surface area contributed by atoms with E-state index in [0.717, 1.165) is 24.9 Å². The Morgan fingerprint density at radius 1 is 1.48 bits per heavy atom. The van der Waals surface area contributed by atoms with Gasteiger partial charge in [0.2, 0.25) is 0 Å². The molecule has 0 aliphatic carbocycles. The van der Waals surface area contributed by atoms with Crippen LogP contribution in [0.2, 0.25) is 0 Å². The Kier molecular flexibility index (Phi) is 5.44. The number of hydrogen-bond acceptors (Lipinski definition) is 5. The van der Waals surface area contributed by atoms with Crippen molar-refractivity contribution >= 4 is 5.97 Å². The predicted molar refractivity (Wildman–Crippen MR) is 79.3 cm³/mol. The molecule has 1 fully saturated rings. The van der Waals surface area contributed by atoms with Crippen LogP contribution < -0.4 is 4.74 Å². The van der Waals surface area contributed by atoms with Gasteiger partial charge in [0.15, 0.2) is 11.5 Å². The first-order valence-electron chi connectivity index (χ1n) is 7.39. The third kappa shape index (κ3) is 3.88. The Bertz CT molecular complexity index is 489. The second-order valence-electron chi connectivity index (χ2n) is 5.29. The molecule has 5 heteroatoms. The summed E-state index contributed by atoms with van der Waals surface area (Å²) in [5.41, 5.74) is 0.818. The minimum absolute atomic E-state index is 0.0635. The summed E-state index contributed by atoms with van der Waals surface area (Å²) in [5.74, 6) is 0.480. The quantitative estimate of drug-likeness (QED) is 0.843. The van der Waals surface area contributed by atoms with E-state index in [9.17, 15) is 9.90 Å². The summed E-state index contributed by atoms with van der Waals surface area (Å²) >= 11 is 0. The highest BCUT2D eigenvalue weighted by Gasteiger charge is 2.27. The van der Waals surface area contributed by atoms with Crippen molar-refractivity contribution in [2.24, 2.45) is 5.92 Å². The fourth-order valence-corrected chi connectivity index (χ4v) is 2.75. The van der Waals surface area contributed by atoms with E-state index in [4.69, 9.17) is 9.47 Å². The summed E-state index contributed by atoms with van der Waals surface area (Å²) in [4.78, 5) is 14.0.